The fourth-order valence-electron chi connectivity index (χ4n) is 3.95. The molecule has 1 atom stereocenters. The Balaban J connectivity index is 1.58. The van der Waals surface area contributed by atoms with Crippen LogP contribution in [0, 0.1) is 20.8 Å². The van der Waals surface area contributed by atoms with Gasteiger partial charge in [-0.15, -0.1) is 0 Å². The first-order chi connectivity index (χ1) is 16.7. The Morgan fingerprint density at radius 1 is 0.971 bits per heavy atom. The van der Waals surface area contributed by atoms with Crippen LogP contribution in [0.5, 0.6) is 0 Å². The Bertz CT molecular complexity index is 1390. The van der Waals surface area contributed by atoms with Gasteiger partial charge < -0.3 is 9.64 Å². The molecule has 0 amide bonds. The summed E-state index contributed by atoms with van der Waals surface area (Å²) >= 11 is 0. The van der Waals surface area contributed by atoms with Crippen LogP contribution in [0.25, 0.3) is 22.4 Å². The molecule has 11 heteroatoms. The molecular weight excluding hydrogens is 459 g/mol. The predicted molar refractivity (Wildman–Crippen MR) is 123 cm³/mol. The van der Waals surface area contributed by atoms with Gasteiger partial charge in [-0.25, -0.2) is 15.0 Å². The number of halogens is 3. The second-order valence-corrected chi connectivity index (χ2v) is 8.40. The fourth-order valence-corrected chi connectivity index (χ4v) is 3.95. The summed E-state index contributed by atoms with van der Waals surface area (Å²) in [6.45, 7) is 7.08. The van der Waals surface area contributed by atoms with Gasteiger partial charge in [-0.2, -0.15) is 18.2 Å². The number of pyridine rings is 2. The van der Waals surface area contributed by atoms with E-state index in [9.17, 15) is 13.2 Å². The minimum absolute atomic E-state index is 0.202. The number of ether oxygens (including phenoxy) is 1. The van der Waals surface area contributed by atoms with Crippen LogP contribution < -0.4 is 4.90 Å². The van der Waals surface area contributed by atoms with Crippen molar-refractivity contribution < 1.29 is 17.9 Å². The summed E-state index contributed by atoms with van der Waals surface area (Å²) in [4.78, 5) is 28.4. The lowest BCUT2D eigenvalue weighted by atomic mass is 10.1. The van der Waals surface area contributed by atoms with Gasteiger partial charge in [-0.05, 0) is 50.6 Å². The van der Waals surface area contributed by atoms with E-state index >= 15 is 0 Å². The van der Waals surface area contributed by atoms with Crippen molar-refractivity contribution in [2.45, 2.75) is 33.1 Å². The smallest absolute Gasteiger partial charge is 0.370 e. The number of anilines is 1. The number of aromatic nitrogens is 6. The zero-order valence-electron chi connectivity index (χ0n) is 19.3. The molecule has 0 N–H and O–H groups in total. The van der Waals surface area contributed by atoms with E-state index in [1.807, 2.05) is 37.8 Å². The molecule has 1 fully saturated rings. The normalized spacial score (nSPS) is 16.6. The molecule has 5 rings (SSSR count). The van der Waals surface area contributed by atoms with Crippen molar-refractivity contribution in [3.63, 3.8) is 0 Å². The van der Waals surface area contributed by atoms with Crippen molar-refractivity contribution in [3.8, 4) is 11.3 Å². The number of alkyl halides is 3. The van der Waals surface area contributed by atoms with Crippen LogP contribution in [0.2, 0.25) is 0 Å². The molecule has 0 unspecified atom stereocenters. The maximum Gasteiger partial charge on any atom is 0.433 e. The first-order valence-electron chi connectivity index (χ1n) is 11.0. The van der Waals surface area contributed by atoms with Crippen molar-refractivity contribution in [2.75, 3.05) is 24.6 Å². The molecule has 0 radical (unpaired) electrons. The number of fused-ring (bicyclic) bond motifs is 1. The highest BCUT2D eigenvalue weighted by Gasteiger charge is 2.32. The monoisotopic (exact) mass is 481 g/mol. The Hall–Kier alpha value is -3.73. The van der Waals surface area contributed by atoms with Crippen LogP contribution in [-0.4, -0.2) is 49.6 Å². The van der Waals surface area contributed by atoms with Crippen molar-refractivity contribution in [3.05, 3.63) is 65.0 Å². The van der Waals surface area contributed by atoms with Gasteiger partial charge in [0.1, 0.15) is 23.0 Å². The molecule has 0 aromatic carbocycles. The number of nitrogens with zero attached hydrogens (tertiary/aromatic N) is 7. The molecule has 0 spiro atoms. The van der Waals surface area contributed by atoms with Crippen molar-refractivity contribution in [1.82, 2.24) is 29.9 Å². The van der Waals surface area contributed by atoms with Crippen LogP contribution in [0.1, 0.15) is 34.4 Å². The first-order valence-corrected chi connectivity index (χ1v) is 11.0. The van der Waals surface area contributed by atoms with Gasteiger partial charge >= 0.3 is 6.18 Å². The first kappa shape index (κ1) is 23.0. The third-order valence-electron chi connectivity index (χ3n) is 5.90. The number of aryl methyl sites for hydroxylation is 3. The fraction of sp³-hybridized carbons (Fsp3) is 0.333. The van der Waals surface area contributed by atoms with E-state index in [2.05, 4.69) is 24.9 Å². The van der Waals surface area contributed by atoms with Gasteiger partial charge in [0.25, 0.3) is 0 Å². The lowest BCUT2D eigenvalue weighted by Crippen LogP contribution is -2.39. The zero-order valence-corrected chi connectivity index (χ0v) is 19.3. The molecule has 8 nitrogen and oxygen atoms in total. The molecule has 180 valence electrons. The highest BCUT2D eigenvalue weighted by molar-refractivity contribution is 5.87. The average Bonchev–Trinajstić information content (AvgIpc) is 2.84. The minimum Gasteiger partial charge on any atom is -0.370 e. The topological polar surface area (TPSA) is 89.8 Å². The van der Waals surface area contributed by atoms with Gasteiger partial charge in [-0.1, -0.05) is 0 Å². The Kier molecular flexibility index (Phi) is 5.79. The van der Waals surface area contributed by atoms with E-state index in [0.717, 1.165) is 23.5 Å². The summed E-state index contributed by atoms with van der Waals surface area (Å²) in [5.74, 6) is 0.407. The molecule has 0 bridgehead atoms. The SMILES string of the molecule is Cc1cc([C@@H]2CN(c3nc(-c4ccc(C(F)(F)F)nc4)c4nc(C)c(C)nc4n3)CCO2)ccn1. The molecule has 1 saturated heterocycles. The largest absolute Gasteiger partial charge is 0.433 e. The van der Waals surface area contributed by atoms with Crippen molar-refractivity contribution in [1.29, 1.82) is 0 Å². The zero-order chi connectivity index (χ0) is 24.7. The summed E-state index contributed by atoms with van der Waals surface area (Å²) in [5.41, 5.74) is 3.89. The van der Waals surface area contributed by atoms with E-state index in [1.54, 1.807) is 6.20 Å². The third-order valence-corrected chi connectivity index (χ3v) is 5.90. The second-order valence-electron chi connectivity index (χ2n) is 8.40. The van der Waals surface area contributed by atoms with E-state index < -0.39 is 11.9 Å². The van der Waals surface area contributed by atoms with Gasteiger partial charge in [0.2, 0.25) is 5.95 Å². The van der Waals surface area contributed by atoms with Crippen LogP contribution in [0.3, 0.4) is 0 Å². The average molecular weight is 481 g/mol. The van der Waals surface area contributed by atoms with Crippen molar-refractivity contribution >= 4 is 17.1 Å². The molecular formula is C24H22F3N7O. The standard InChI is InChI=1S/C24H22F3N7O/c1-13-10-16(6-7-28-13)18-12-34(8-9-35-18)23-32-20(17-4-5-19(29-11-17)24(25,26)27)21-22(33-23)31-15(3)14(2)30-21/h4-7,10-11,18H,8-9,12H2,1-3H3/t18-/m0/s1. The highest BCUT2D eigenvalue weighted by atomic mass is 19.4. The molecule has 4 aromatic heterocycles. The maximum absolute atomic E-state index is 13.0. The van der Waals surface area contributed by atoms with E-state index in [0.29, 0.717) is 59.5 Å². The summed E-state index contributed by atoms with van der Waals surface area (Å²) in [6.07, 6.45) is -1.82. The number of morpholine rings is 1. The van der Waals surface area contributed by atoms with Gasteiger partial charge in [0, 0.05) is 30.2 Å². The van der Waals surface area contributed by atoms with Crippen LogP contribution >= 0.6 is 0 Å². The number of hydrogen-bond acceptors (Lipinski definition) is 8. The molecule has 1 aliphatic heterocycles. The van der Waals surface area contributed by atoms with Gasteiger partial charge in [0.05, 0.1) is 24.5 Å². The lowest BCUT2D eigenvalue weighted by molar-refractivity contribution is -0.141. The Morgan fingerprint density at radius 2 is 1.77 bits per heavy atom. The maximum atomic E-state index is 13.0. The predicted octanol–water partition coefficient (Wildman–Crippen LogP) is 4.40. The number of rotatable bonds is 3. The van der Waals surface area contributed by atoms with Crippen LogP contribution in [0.15, 0.2) is 36.7 Å². The quantitative estimate of drug-likeness (QED) is 0.425. The van der Waals surface area contributed by atoms with E-state index in [-0.39, 0.29) is 6.10 Å². The Morgan fingerprint density at radius 3 is 2.49 bits per heavy atom. The highest BCUT2D eigenvalue weighted by Crippen LogP contribution is 2.32. The molecule has 0 aliphatic carbocycles. The van der Waals surface area contributed by atoms with Crippen LogP contribution in [-0.2, 0) is 10.9 Å². The minimum atomic E-state index is -4.53. The molecule has 1 aliphatic rings. The van der Waals surface area contributed by atoms with Gasteiger partial charge in [-0.3, -0.25) is 9.97 Å². The van der Waals surface area contributed by atoms with E-state index in [4.69, 9.17) is 9.72 Å². The second kappa shape index (κ2) is 8.81. The molecule has 35 heavy (non-hydrogen) atoms. The lowest BCUT2D eigenvalue weighted by Gasteiger charge is -2.33. The summed E-state index contributed by atoms with van der Waals surface area (Å²) < 4.78 is 45.1. The summed E-state index contributed by atoms with van der Waals surface area (Å²) in [5, 5.41) is 0. The van der Waals surface area contributed by atoms with Crippen molar-refractivity contribution in [2.24, 2.45) is 0 Å². The summed E-state index contributed by atoms with van der Waals surface area (Å²) in [6, 6.07) is 6.18. The molecule has 5 heterocycles. The molecule has 4 aromatic rings. The number of hydrogen-bond donors (Lipinski definition) is 0. The molecule has 0 saturated carbocycles. The summed E-state index contributed by atoms with van der Waals surface area (Å²) in [7, 11) is 0. The third kappa shape index (κ3) is 4.63. The van der Waals surface area contributed by atoms with Crippen LogP contribution in [0.4, 0.5) is 19.1 Å². The Labute approximate surface area is 199 Å². The van der Waals surface area contributed by atoms with E-state index in [1.165, 1.54) is 6.07 Å². The van der Waals surface area contributed by atoms with Gasteiger partial charge in [0.15, 0.2) is 5.65 Å².